The average molecular weight is 327 g/mol. The molecule has 23 heavy (non-hydrogen) atoms. The van der Waals surface area contributed by atoms with Gasteiger partial charge in [-0.1, -0.05) is 24.3 Å². The Kier molecular flexibility index (Phi) is 5.82. The van der Waals surface area contributed by atoms with Gasteiger partial charge >= 0.3 is 0 Å². The summed E-state index contributed by atoms with van der Waals surface area (Å²) in [5, 5.41) is 8.40. The molecule has 2 rings (SSSR count). The van der Waals surface area contributed by atoms with Crippen LogP contribution in [0.25, 0.3) is 0 Å². The van der Waals surface area contributed by atoms with E-state index in [4.69, 9.17) is 12.2 Å². The third-order valence-corrected chi connectivity index (χ3v) is 3.19. The molecule has 0 aliphatic carbocycles. The summed E-state index contributed by atoms with van der Waals surface area (Å²) in [7, 11) is 0. The van der Waals surface area contributed by atoms with E-state index in [9.17, 15) is 9.59 Å². The van der Waals surface area contributed by atoms with E-state index in [0.717, 1.165) is 0 Å². The number of amides is 2. The normalized spacial score (nSPS) is 9.78. The standard InChI is InChI=1S/C17H17N3O2S/c1-2-18-15(21)13-9-6-10-14(11-13)19-17(23)20-16(22)12-7-4-3-5-8-12/h3-11H,2H2,1H3,(H,18,21)(H2,19,20,22,23). The van der Waals surface area contributed by atoms with Gasteiger partial charge < -0.3 is 10.6 Å². The summed E-state index contributed by atoms with van der Waals surface area (Å²) in [5.74, 6) is -0.446. The van der Waals surface area contributed by atoms with Gasteiger partial charge in [0.1, 0.15) is 0 Å². The summed E-state index contributed by atoms with van der Waals surface area (Å²) in [6, 6.07) is 15.7. The minimum Gasteiger partial charge on any atom is -0.352 e. The molecule has 0 bridgehead atoms. The van der Waals surface area contributed by atoms with E-state index in [1.807, 2.05) is 13.0 Å². The first-order chi connectivity index (χ1) is 11.1. The largest absolute Gasteiger partial charge is 0.352 e. The van der Waals surface area contributed by atoms with Crippen LogP contribution in [0, 0.1) is 0 Å². The van der Waals surface area contributed by atoms with E-state index >= 15 is 0 Å². The first kappa shape index (κ1) is 16.6. The molecule has 118 valence electrons. The Morgan fingerprint density at radius 1 is 0.957 bits per heavy atom. The Bertz CT molecular complexity index is 717. The lowest BCUT2D eigenvalue weighted by atomic mass is 10.2. The van der Waals surface area contributed by atoms with Gasteiger partial charge in [0.05, 0.1) is 0 Å². The van der Waals surface area contributed by atoms with Crippen molar-refractivity contribution in [3.63, 3.8) is 0 Å². The summed E-state index contributed by atoms with van der Waals surface area (Å²) in [4.78, 5) is 23.8. The zero-order chi connectivity index (χ0) is 16.7. The molecule has 0 radical (unpaired) electrons. The molecular weight excluding hydrogens is 310 g/mol. The quantitative estimate of drug-likeness (QED) is 0.755. The van der Waals surface area contributed by atoms with Crippen molar-refractivity contribution >= 4 is 34.8 Å². The minimum absolute atomic E-state index is 0.157. The van der Waals surface area contributed by atoms with E-state index in [0.29, 0.717) is 23.4 Å². The predicted molar refractivity (Wildman–Crippen MR) is 94.6 cm³/mol. The van der Waals surface area contributed by atoms with Crippen molar-refractivity contribution in [3.05, 3.63) is 65.7 Å². The van der Waals surface area contributed by atoms with Gasteiger partial charge in [0.25, 0.3) is 11.8 Å². The molecule has 0 aliphatic rings. The Balaban J connectivity index is 1.99. The summed E-state index contributed by atoms with van der Waals surface area (Å²) in [6.07, 6.45) is 0. The SMILES string of the molecule is CCNC(=O)c1cccc(NC(=S)NC(=O)c2ccccc2)c1. The molecule has 6 heteroatoms. The molecule has 2 amide bonds. The zero-order valence-electron chi connectivity index (χ0n) is 12.6. The van der Waals surface area contributed by atoms with E-state index in [-0.39, 0.29) is 16.9 Å². The van der Waals surface area contributed by atoms with Crippen molar-refractivity contribution < 1.29 is 9.59 Å². The van der Waals surface area contributed by atoms with Gasteiger partial charge in [0, 0.05) is 23.4 Å². The molecule has 0 saturated heterocycles. The Morgan fingerprint density at radius 2 is 1.65 bits per heavy atom. The zero-order valence-corrected chi connectivity index (χ0v) is 13.4. The first-order valence-electron chi connectivity index (χ1n) is 7.16. The highest BCUT2D eigenvalue weighted by Gasteiger charge is 2.09. The van der Waals surface area contributed by atoms with Crippen molar-refractivity contribution in [2.24, 2.45) is 0 Å². The van der Waals surface area contributed by atoms with Crippen LogP contribution in [0.5, 0.6) is 0 Å². The molecule has 2 aromatic rings. The summed E-state index contributed by atoms with van der Waals surface area (Å²) in [6.45, 7) is 2.41. The molecular formula is C17H17N3O2S. The van der Waals surface area contributed by atoms with Crippen LogP contribution in [0.2, 0.25) is 0 Å². The number of hydrogen-bond donors (Lipinski definition) is 3. The van der Waals surface area contributed by atoms with Gasteiger partial charge in [-0.15, -0.1) is 0 Å². The lowest BCUT2D eigenvalue weighted by Gasteiger charge is -2.10. The van der Waals surface area contributed by atoms with Gasteiger partial charge in [-0.2, -0.15) is 0 Å². The number of nitrogens with one attached hydrogen (secondary N) is 3. The molecule has 0 saturated carbocycles. The third kappa shape index (κ3) is 4.89. The molecule has 0 atom stereocenters. The number of benzene rings is 2. The number of thiocarbonyl (C=S) groups is 1. The molecule has 0 spiro atoms. The van der Waals surface area contributed by atoms with Crippen LogP contribution in [-0.4, -0.2) is 23.5 Å². The highest BCUT2D eigenvalue weighted by molar-refractivity contribution is 7.80. The fraction of sp³-hybridized carbons (Fsp3) is 0.118. The second-order valence-corrected chi connectivity index (χ2v) is 5.12. The van der Waals surface area contributed by atoms with Crippen LogP contribution in [0.4, 0.5) is 5.69 Å². The number of rotatable bonds is 4. The fourth-order valence-electron chi connectivity index (χ4n) is 1.93. The minimum atomic E-state index is -0.289. The second-order valence-electron chi connectivity index (χ2n) is 4.71. The van der Waals surface area contributed by atoms with Crippen molar-refractivity contribution in [2.75, 3.05) is 11.9 Å². The summed E-state index contributed by atoms with van der Waals surface area (Å²) < 4.78 is 0. The molecule has 5 nitrogen and oxygen atoms in total. The fourth-order valence-corrected chi connectivity index (χ4v) is 2.14. The lowest BCUT2D eigenvalue weighted by molar-refractivity contribution is 0.0953. The summed E-state index contributed by atoms with van der Waals surface area (Å²) >= 11 is 5.13. The Labute approximate surface area is 140 Å². The van der Waals surface area contributed by atoms with Gasteiger partial charge in [-0.3, -0.25) is 14.9 Å². The highest BCUT2D eigenvalue weighted by atomic mass is 32.1. The maximum absolute atomic E-state index is 12.0. The molecule has 3 N–H and O–H groups in total. The van der Waals surface area contributed by atoms with E-state index in [1.54, 1.807) is 48.5 Å². The Hall–Kier alpha value is -2.73. The van der Waals surface area contributed by atoms with Crippen molar-refractivity contribution in [1.82, 2.24) is 10.6 Å². The van der Waals surface area contributed by atoms with Gasteiger partial charge in [0.2, 0.25) is 0 Å². The molecule has 0 aromatic heterocycles. The topological polar surface area (TPSA) is 70.2 Å². The highest BCUT2D eigenvalue weighted by Crippen LogP contribution is 2.10. The van der Waals surface area contributed by atoms with E-state index < -0.39 is 0 Å². The van der Waals surface area contributed by atoms with Crippen LogP contribution >= 0.6 is 12.2 Å². The molecule has 0 fully saturated rings. The second kappa shape index (κ2) is 8.05. The summed E-state index contributed by atoms with van der Waals surface area (Å²) in [5.41, 5.74) is 1.67. The van der Waals surface area contributed by atoms with Crippen LogP contribution in [0.1, 0.15) is 27.6 Å². The molecule has 0 aliphatic heterocycles. The monoisotopic (exact) mass is 327 g/mol. The van der Waals surface area contributed by atoms with Gasteiger partial charge in [-0.25, -0.2) is 0 Å². The van der Waals surface area contributed by atoms with E-state index in [1.165, 1.54) is 0 Å². The molecule has 0 heterocycles. The van der Waals surface area contributed by atoms with Gasteiger partial charge in [0.15, 0.2) is 5.11 Å². The smallest absolute Gasteiger partial charge is 0.257 e. The number of hydrogen-bond acceptors (Lipinski definition) is 3. The van der Waals surface area contributed by atoms with Crippen molar-refractivity contribution in [3.8, 4) is 0 Å². The number of anilines is 1. The Morgan fingerprint density at radius 3 is 2.35 bits per heavy atom. The van der Waals surface area contributed by atoms with Crippen LogP contribution in [0.3, 0.4) is 0 Å². The molecule has 0 unspecified atom stereocenters. The third-order valence-electron chi connectivity index (χ3n) is 2.98. The van der Waals surface area contributed by atoms with Crippen LogP contribution < -0.4 is 16.0 Å². The van der Waals surface area contributed by atoms with Gasteiger partial charge in [-0.05, 0) is 49.5 Å². The van der Waals surface area contributed by atoms with E-state index in [2.05, 4.69) is 16.0 Å². The maximum atomic E-state index is 12.0. The van der Waals surface area contributed by atoms with Crippen LogP contribution in [-0.2, 0) is 0 Å². The van der Waals surface area contributed by atoms with Crippen molar-refractivity contribution in [2.45, 2.75) is 6.92 Å². The lowest BCUT2D eigenvalue weighted by Crippen LogP contribution is -2.34. The predicted octanol–water partition coefficient (Wildman–Crippen LogP) is 2.56. The maximum Gasteiger partial charge on any atom is 0.257 e. The van der Waals surface area contributed by atoms with Crippen LogP contribution in [0.15, 0.2) is 54.6 Å². The number of carbonyl (C=O) groups excluding carboxylic acids is 2. The average Bonchev–Trinajstić information content (AvgIpc) is 2.56. The molecule has 2 aromatic carbocycles. The van der Waals surface area contributed by atoms with Crippen molar-refractivity contribution in [1.29, 1.82) is 0 Å². The number of carbonyl (C=O) groups is 2. The first-order valence-corrected chi connectivity index (χ1v) is 7.56.